The van der Waals surface area contributed by atoms with Crippen molar-refractivity contribution in [3.63, 3.8) is 0 Å². The molecule has 1 atom stereocenters. The number of likely N-dealkylation sites (N-methyl/N-ethyl adjacent to an activating group) is 1. The minimum Gasteiger partial charge on any atom is -0.363 e. The Balaban J connectivity index is 1.45. The van der Waals surface area contributed by atoms with Crippen molar-refractivity contribution in [3.8, 4) is 0 Å². The molecule has 0 radical (unpaired) electrons. The standard InChI is InChI=1S/C21H38N6S/c1-17(2)19(26-13-11-25(4)12-14-26)16-23-21(22-3)24-18-7-9-27(10-8-18)20-6-5-15-28-20/h5-6,15,17-19H,7-14,16H2,1-4H3,(H2,22,23,24). The molecule has 2 N–H and O–H groups in total. The van der Waals surface area contributed by atoms with Gasteiger partial charge in [-0.05, 0) is 43.3 Å². The van der Waals surface area contributed by atoms with Crippen LogP contribution in [-0.2, 0) is 0 Å². The lowest BCUT2D eigenvalue weighted by molar-refractivity contribution is 0.0899. The molecule has 2 saturated heterocycles. The van der Waals surface area contributed by atoms with Crippen LogP contribution in [0, 0.1) is 5.92 Å². The lowest BCUT2D eigenvalue weighted by Crippen LogP contribution is -2.56. The molecule has 1 aromatic rings. The predicted molar refractivity (Wildman–Crippen MR) is 122 cm³/mol. The summed E-state index contributed by atoms with van der Waals surface area (Å²) in [5.74, 6) is 1.58. The van der Waals surface area contributed by atoms with Gasteiger partial charge in [0.15, 0.2) is 5.96 Å². The zero-order valence-electron chi connectivity index (χ0n) is 18.0. The first-order valence-electron chi connectivity index (χ1n) is 10.7. The van der Waals surface area contributed by atoms with E-state index in [1.54, 1.807) is 0 Å². The van der Waals surface area contributed by atoms with Crippen LogP contribution in [0.4, 0.5) is 5.00 Å². The number of piperidine rings is 1. The summed E-state index contributed by atoms with van der Waals surface area (Å²) in [4.78, 5) is 12.1. The van der Waals surface area contributed by atoms with Gasteiger partial charge in [0.05, 0.1) is 5.00 Å². The molecule has 7 heteroatoms. The molecule has 0 spiro atoms. The number of aliphatic imine (C=N–C) groups is 1. The van der Waals surface area contributed by atoms with E-state index in [1.807, 2.05) is 18.4 Å². The molecule has 2 aliphatic rings. The van der Waals surface area contributed by atoms with Crippen LogP contribution in [0.5, 0.6) is 0 Å². The van der Waals surface area contributed by atoms with Crippen molar-refractivity contribution in [2.45, 2.75) is 38.8 Å². The number of thiophene rings is 1. The molecule has 6 nitrogen and oxygen atoms in total. The van der Waals surface area contributed by atoms with Gasteiger partial charge in [-0.25, -0.2) is 0 Å². The molecule has 0 bridgehead atoms. The van der Waals surface area contributed by atoms with Crippen molar-refractivity contribution in [2.24, 2.45) is 10.9 Å². The maximum atomic E-state index is 4.50. The van der Waals surface area contributed by atoms with E-state index < -0.39 is 0 Å². The van der Waals surface area contributed by atoms with Gasteiger partial charge >= 0.3 is 0 Å². The third-order valence-electron chi connectivity index (χ3n) is 6.13. The van der Waals surface area contributed by atoms with E-state index in [0.29, 0.717) is 18.0 Å². The Morgan fingerprint density at radius 1 is 1.18 bits per heavy atom. The topological polar surface area (TPSA) is 46.1 Å². The van der Waals surface area contributed by atoms with Gasteiger partial charge in [0.1, 0.15) is 0 Å². The summed E-state index contributed by atoms with van der Waals surface area (Å²) in [5, 5.41) is 10.8. The molecule has 1 unspecified atom stereocenters. The van der Waals surface area contributed by atoms with E-state index in [4.69, 9.17) is 0 Å². The summed E-state index contributed by atoms with van der Waals surface area (Å²) < 4.78 is 0. The smallest absolute Gasteiger partial charge is 0.191 e. The minimum atomic E-state index is 0.503. The highest BCUT2D eigenvalue weighted by molar-refractivity contribution is 7.14. The number of piperazine rings is 1. The monoisotopic (exact) mass is 406 g/mol. The normalized spacial score (nSPS) is 21.9. The molecule has 2 fully saturated rings. The van der Waals surface area contributed by atoms with Crippen LogP contribution in [0.25, 0.3) is 0 Å². The summed E-state index contributed by atoms with van der Waals surface area (Å²) in [6.07, 6.45) is 2.31. The highest BCUT2D eigenvalue weighted by atomic mass is 32.1. The molecule has 3 rings (SSSR count). The summed E-state index contributed by atoms with van der Waals surface area (Å²) in [5.41, 5.74) is 0. The summed E-state index contributed by atoms with van der Waals surface area (Å²) >= 11 is 1.84. The maximum Gasteiger partial charge on any atom is 0.191 e. The second-order valence-corrected chi connectivity index (χ2v) is 9.39. The highest BCUT2D eigenvalue weighted by Gasteiger charge is 2.26. The summed E-state index contributed by atoms with van der Waals surface area (Å²) in [6, 6.07) is 5.42. The zero-order valence-corrected chi connectivity index (χ0v) is 18.8. The zero-order chi connectivity index (χ0) is 19.9. The van der Waals surface area contributed by atoms with Gasteiger partial charge < -0.3 is 20.4 Å². The van der Waals surface area contributed by atoms with Crippen molar-refractivity contribution in [1.82, 2.24) is 20.4 Å². The Morgan fingerprint density at radius 2 is 1.89 bits per heavy atom. The summed E-state index contributed by atoms with van der Waals surface area (Å²) in [7, 11) is 4.10. The molecule has 0 amide bonds. The second-order valence-electron chi connectivity index (χ2n) is 8.46. The largest absolute Gasteiger partial charge is 0.363 e. The molecule has 1 aromatic heterocycles. The molecule has 28 heavy (non-hydrogen) atoms. The number of guanidine groups is 1. The van der Waals surface area contributed by atoms with Crippen LogP contribution in [-0.4, -0.2) is 87.8 Å². The van der Waals surface area contributed by atoms with Gasteiger partial charge in [-0.2, -0.15) is 0 Å². The highest BCUT2D eigenvalue weighted by Crippen LogP contribution is 2.24. The van der Waals surface area contributed by atoms with E-state index in [-0.39, 0.29) is 0 Å². The quantitative estimate of drug-likeness (QED) is 0.560. The SMILES string of the molecule is CN=C(NCC(C(C)C)N1CCN(C)CC1)NC1CCN(c2cccs2)CC1. The number of rotatable bonds is 6. The second kappa shape index (κ2) is 10.5. The Labute approximate surface area is 175 Å². The first kappa shape index (κ1) is 21.4. The Hall–Kier alpha value is -1.31. The van der Waals surface area contributed by atoms with E-state index in [1.165, 1.54) is 18.1 Å². The van der Waals surface area contributed by atoms with Crippen LogP contribution >= 0.6 is 11.3 Å². The van der Waals surface area contributed by atoms with Gasteiger partial charge in [0.25, 0.3) is 0 Å². The number of nitrogens with zero attached hydrogens (tertiary/aromatic N) is 4. The molecule has 2 aliphatic heterocycles. The van der Waals surface area contributed by atoms with E-state index in [9.17, 15) is 0 Å². The van der Waals surface area contributed by atoms with Gasteiger partial charge in [-0.3, -0.25) is 9.89 Å². The minimum absolute atomic E-state index is 0.503. The molecule has 0 aliphatic carbocycles. The lowest BCUT2D eigenvalue weighted by Gasteiger charge is -2.40. The molecular formula is C21H38N6S. The number of hydrogen-bond acceptors (Lipinski definition) is 5. The van der Waals surface area contributed by atoms with Crippen molar-refractivity contribution in [2.75, 3.05) is 64.8 Å². The van der Waals surface area contributed by atoms with Crippen molar-refractivity contribution >= 4 is 22.3 Å². The lowest BCUT2D eigenvalue weighted by atomic mass is 10.0. The first-order chi connectivity index (χ1) is 13.6. The average molecular weight is 407 g/mol. The molecule has 0 saturated carbocycles. The molecule has 3 heterocycles. The fraction of sp³-hybridized carbons (Fsp3) is 0.762. The Morgan fingerprint density at radius 3 is 2.46 bits per heavy atom. The van der Waals surface area contributed by atoms with Gasteiger partial charge in [-0.15, -0.1) is 11.3 Å². The van der Waals surface area contributed by atoms with Crippen LogP contribution < -0.4 is 15.5 Å². The molecule has 0 aromatic carbocycles. The molecule has 158 valence electrons. The average Bonchev–Trinajstić information content (AvgIpc) is 3.23. The van der Waals surface area contributed by atoms with Crippen molar-refractivity contribution < 1.29 is 0 Å². The van der Waals surface area contributed by atoms with E-state index in [0.717, 1.165) is 51.5 Å². The van der Waals surface area contributed by atoms with E-state index >= 15 is 0 Å². The van der Waals surface area contributed by atoms with Gasteiger partial charge in [0, 0.05) is 64.9 Å². The van der Waals surface area contributed by atoms with E-state index in [2.05, 4.69) is 68.7 Å². The predicted octanol–water partition coefficient (Wildman–Crippen LogP) is 2.15. The Kier molecular flexibility index (Phi) is 8.00. The third-order valence-corrected chi connectivity index (χ3v) is 7.06. The van der Waals surface area contributed by atoms with Crippen molar-refractivity contribution in [1.29, 1.82) is 0 Å². The van der Waals surface area contributed by atoms with Gasteiger partial charge in [0.2, 0.25) is 0 Å². The number of nitrogens with one attached hydrogen (secondary N) is 2. The maximum absolute atomic E-state index is 4.50. The van der Waals surface area contributed by atoms with Crippen LogP contribution in [0.1, 0.15) is 26.7 Å². The number of anilines is 1. The first-order valence-corrected chi connectivity index (χ1v) is 11.6. The molecular weight excluding hydrogens is 368 g/mol. The fourth-order valence-electron chi connectivity index (χ4n) is 4.22. The Bertz CT molecular complexity index is 586. The number of hydrogen-bond donors (Lipinski definition) is 2. The van der Waals surface area contributed by atoms with Crippen LogP contribution in [0.2, 0.25) is 0 Å². The summed E-state index contributed by atoms with van der Waals surface area (Å²) in [6.45, 7) is 12.5. The third kappa shape index (κ3) is 5.84. The van der Waals surface area contributed by atoms with Crippen LogP contribution in [0.3, 0.4) is 0 Å². The fourth-order valence-corrected chi connectivity index (χ4v) is 5.01. The van der Waals surface area contributed by atoms with Crippen LogP contribution in [0.15, 0.2) is 22.5 Å². The van der Waals surface area contributed by atoms with Crippen molar-refractivity contribution in [3.05, 3.63) is 17.5 Å². The van der Waals surface area contributed by atoms with Gasteiger partial charge in [-0.1, -0.05) is 13.8 Å².